The molecule has 0 saturated carbocycles. The molecule has 0 atom stereocenters. The van der Waals surface area contributed by atoms with Gasteiger partial charge in [-0.3, -0.25) is 9.80 Å². The molecule has 2 nitrogen and oxygen atoms in total. The molecule has 0 aliphatic carbocycles. The van der Waals surface area contributed by atoms with E-state index in [2.05, 4.69) is 65.2 Å². The molecule has 1 rings (SSSR count). The molecule has 0 fully saturated rings. The average molecular weight is 585 g/mol. The lowest BCUT2D eigenvalue weighted by Gasteiger charge is -2.29. The normalized spacial score (nSPS) is 11.9. The van der Waals surface area contributed by atoms with Crippen molar-refractivity contribution in [2.24, 2.45) is 0 Å². The van der Waals surface area contributed by atoms with E-state index in [4.69, 9.17) is 0 Å². The smallest absolute Gasteiger partial charge is 0.0239 e. The zero-order valence-corrected chi connectivity index (χ0v) is 30.3. The van der Waals surface area contributed by atoms with E-state index < -0.39 is 0 Å². The van der Waals surface area contributed by atoms with Crippen LogP contribution in [0.4, 0.5) is 0 Å². The highest BCUT2D eigenvalue weighted by Crippen LogP contribution is 2.29. The van der Waals surface area contributed by atoms with E-state index in [1.165, 1.54) is 155 Å². The van der Waals surface area contributed by atoms with Gasteiger partial charge in [0, 0.05) is 13.1 Å². The van der Waals surface area contributed by atoms with E-state index in [1.807, 2.05) is 0 Å². The Balaban J connectivity index is 3.00. The minimum Gasteiger partial charge on any atom is -0.299 e. The number of nitrogens with zero attached hydrogens (tertiary/aromatic N) is 2. The van der Waals surface area contributed by atoms with Crippen molar-refractivity contribution in [3.63, 3.8) is 0 Å². The molecule has 0 aliphatic heterocycles. The summed E-state index contributed by atoms with van der Waals surface area (Å²) in [6, 6.07) is 0. The van der Waals surface area contributed by atoms with Gasteiger partial charge in [-0.05, 0) is 113 Å². The fourth-order valence-electron chi connectivity index (χ4n) is 6.69. The van der Waals surface area contributed by atoms with Crippen LogP contribution < -0.4 is 0 Å². The Labute approximate surface area is 265 Å². The summed E-state index contributed by atoms with van der Waals surface area (Å²) in [5.41, 5.74) is 9.53. The van der Waals surface area contributed by atoms with E-state index in [1.54, 1.807) is 33.4 Å². The van der Waals surface area contributed by atoms with Crippen LogP contribution in [0.3, 0.4) is 0 Å². The lowest BCUT2D eigenvalue weighted by molar-refractivity contribution is 0.249. The van der Waals surface area contributed by atoms with Gasteiger partial charge in [0.15, 0.2) is 0 Å². The summed E-state index contributed by atoms with van der Waals surface area (Å²) >= 11 is 0. The van der Waals surface area contributed by atoms with Gasteiger partial charge in [0.1, 0.15) is 0 Å². The first-order valence-electron chi connectivity index (χ1n) is 18.9. The van der Waals surface area contributed by atoms with Crippen LogP contribution >= 0.6 is 0 Å². The van der Waals surface area contributed by atoms with Gasteiger partial charge in [0.2, 0.25) is 0 Å². The fourth-order valence-corrected chi connectivity index (χ4v) is 6.69. The van der Waals surface area contributed by atoms with Gasteiger partial charge >= 0.3 is 0 Å². The molecule has 0 aromatic heterocycles. The van der Waals surface area contributed by atoms with Crippen LogP contribution in [0.15, 0.2) is 0 Å². The summed E-state index contributed by atoms with van der Waals surface area (Å²) in [4.78, 5) is 5.61. The van der Waals surface area contributed by atoms with E-state index in [9.17, 15) is 0 Å². The largest absolute Gasteiger partial charge is 0.299 e. The third kappa shape index (κ3) is 16.3. The predicted molar refractivity (Wildman–Crippen MR) is 191 cm³/mol. The molecule has 42 heavy (non-hydrogen) atoms. The van der Waals surface area contributed by atoms with E-state index in [0.29, 0.717) is 0 Å². The lowest BCUT2D eigenvalue weighted by Crippen LogP contribution is -2.28. The molecular formula is C40H76N2. The molecule has 0 aliphatic rings. The van der Waals surface area contributed by atoms with Crippen LogP contribution in [0, 0.1) is 27.7 Å². The molecule has 0 bridgehead atoms. The number of unbranched alkanes of at least 4 members (excludes halogenated alkanes) is 16. The first kappa shape index (κ1) is 39.2. The van der Waals surface area contributed by atoms with Crippen LogP contribution in [0.1, 0.15) is 189 Å². The second-order valence-electron chi connectivity index (χ2n) is 13.7. The molecule has 0 radical (unpaired) electrons. The lowest BCUT2D eigenvalue weighted by atomic mass is 9.88. The first-order chi connectivity index (χ1) is 20.4. The Morgan fingerprint density at radius 3 is 0.786 bits per heavy atom. The summed E-state index contributed by atoms with van der Waals surface area (Å²) in [6.07, 6.45) is 27.5. The maximum Gasteiger partial charge on any atom is 0.0239 e. The van der Waals surface area contributed by atoms with Crippen LogP contribution in [0.25, 0.3) is 0 Å². The summed E-state index contributed by atoms with van der Waals surface area (Å²) in [7, 11) is 0. The molecule has 246 valence electrons. The molecule has 0 unspecified atom stereocenters. The summed E-state index contributed by atoms with van der Waals surface area (Å²) in [6.45, 7) is 26.3. The zero-order chi connectivity index (χ0) is 31.0. The topological polar surface area (TPSA) is 6.48 Å². The van der Waals surface area contributed by atoms with Crippen molar-refractivity contribution in [3.8, 4) is 0 Å². The minimum atomic E-state index is 1.14. The van der Waals surface area contributed by atoms with Gasteiger partial charge in [0.05, 0.1) is 0 Å². The molecule has 1 aromatic rings. The van der Waals surface area contributed by atoms with E-state index in [0.717, 1.165) is 13.1 Å². The molecule has 2 heteroatoms. The molecule has 0 saturated heterocycles. The quantitative estimate of drug-likeness (QED) is 0.0904. The monoisotopic (exact) mass is 585 g/mol. The Morgan fingerprint density at radius 1 is 0.310 bits per heavy atom. The SMILES string of the molecule is CCCCCCCCN(CCCCCC)Cc1c(C)c(C)c(CN(CCCCCC)CCCCCCCC)c(C)c1C. The van der Waals surface area contributed by atoms with Crippen molar-refractivity contribution in [1.82, 2.24) is 9.80 Å². The van der Waals surface area contributed by atoms with Crippen molar-refractivity contribution in [2.75, 3.05) is 26.2 Å². The third-order valence-electron chi connectivity index (χ3n) is 10.0. The highest BCUT2D eigenvalue weighted by atomic mass is 15.1. The van der Waals surface area contributed by atoms with E-state index >= 15 is 0 Å². The highest BCUT2D eigenvalue weighted by Gasteiger charge is 2.19. The molecule has 0 spiro atoms. The zero-order valence-electron chi connectivity index (χ0n) is 30.3. The summed E-state index contributed by atoms with van der Waals surface area (Å²) in [5.74, 6) is 0. The maximum absolute atomic E-state index is 2.81. The van der Waals surface area contributed by atoms with Gasteiger partial charge in [-0.15, -0.1) is 0 Å². The van der Waals surface area contributed by atoms with Crippen LogP contribution in [-0.2, 0) is 13.1 Å². The summed E-state index contributed by atoms with van der Waals surface area (Å²) < 4.78 is 0. The van der Waals surface area contributed by atoms with Crippen LogP contribution in [-0.4, -0.2) is 36.0 Å². The molecule has 0 amide bonds. The molecular weight excluding hydrogens is 508 g/mol. The number of hydrogen-bond acceptors (Lipinski definition) is 2. The van der Waals surface area contributed by atoms with Crippen molar-refractivity contribution in [3.05, 3.63) is 33.4 Å². The van der Waals surface area contributed by atoms with E-state index in [-0.39, 0.29) is 0 Å². The van der Waals surface area contributed by atoms with Gasteiger partial charge in [-0.2, -0.15) is 0 Å². The van der Waals surface area contributed by atoms with Gasteiger partial charge in [0.25, 0.3) is 0 Å². The van der Waals surface area contributed by atoms with Crippen molar-refractivity contribution in [1.29, 1.82) is 0 Å². The molecule has 0 heterocycles. The standard InChI is InChI=1S/C40H76N2/c1-9-13-17-21-23-27-31-41(29-25-19-15-11-3)33-39-35(5)37(7)40(38(8)36(39)6)34-42(30-26-20-16-12-4)32-28-24-22-18-14-10-2/h9-34H2,1-8H3. The number of benzene rings is 1. The Bertz CT molecular complexity index is 688. The van der Waals surface area contributed by atoms with Crippen LogP contribution in [0.2, 0.25) is 0 Å². The van der Waals surface area contributed by atoms with Crippen molar-refractivity contribution >= 4 is 0 Å². The van der Waals surface area contributed by atoms with Crippen molar-refractivity contribution in [2.45, 2.75) is 197 Å². The first-order valence-corrected chi connectivity index (χ1v) is 18.9. The average Bonchev–Trinajstić information content (AvgIpc) is 2.99. The second kappa shape index (κ2) is 25.5. The molecule has 0 N–H and O–H groups in total. The van der Waals surface area contributed by atoms with Gasteiger partial charge in [-0.1, -0.05) is 130 Å². The van der Waals surface area contributed by atoms with Crippen LogP contribution in [0.5, 0.6) is 0 Å². The maximum atomic E-state index is 2.81. The Kier molecular flexibility index (Phi) is 23.7. The number of hydrogen-bond donors (Lipinski definition) is 0. The highest BCUT2D eigenvalue weighted by molar-refractivity contribution is 5.50. The summed E-state index contributed by atoms with van der Waals surface area (Å²) in [5, 5.41) is 0. The Morgan fingerprint density at radius 2 is 0.524 bits per heavy atom. The van der Waals surface area contributed by atoms with Crippen molar-refractivity contribution < 1.29 is 0 Å². The molecule has 1 aromatic carbocycles. The van der Waals surface area contributed by atoms with Gasteiger partial charge in [-0.25, -0.2) is 0 Å². The Hall–Kier alpha value is -0.860. The predicted octanol–water partition coefficient (Wildman–Crippen LogP) is 12.4. The fraction of sp³-hybridized carbons (Fsp3) is 0.850. The second-order valence-corrected chi connectivity index (χ2v) is 13.7. The van der Waals surface area contributed by atoms with Gasteiger partial charge < -0.3 is 0 Å². The third-order valence-corrected chi connectivity index (χ3v) is 10.0. The number of rotatable bonds is 28. The minimum absolute atomic E-state index is 1.14.